The zero-order valence-corrected chi connectivity index (χ0v) is 43.8. The fourth-order valence-electron chi connectivity index (χ4n) is 14.9. The largest absolute Gasteiger partial charge is 0.310 e. The van der Waals surface area contributed by atoms with Crippen molar-refractivity contribution in [3.8, 4) is 50.2 Å². The van der Waals surface area contributed by atoms with E-state index in [4.69, 9.17) is 0 Å². The van der Waals surface area contributed by atoms with Gasteiger partial charge in [0.2, 0.25) is 0 Å². The fourth-order valence-corrected chi connectivity index (χ4v) is 14.9. The summed E-state index contributed by atoms with van der Waals surface area (Å²) in [5.74, 6) is 0. The van der Waals surface area contributed by atoms with Crippen LogP contribution < -0.4 is 4.90 Å². The molecule has 14 aromatic rings. The van der Waals surface area contributed by atoms with E-state index >= 15 is 0 Å². The summed E-state index contributed by atoms with van der Waals surface area (Å²) in [4.78, 5) is 2.56. The van der Waals surface area contributed by atoms with Gasteiger partial charge in [-0.05, 0) is 137 Å². The molecule has 17 rings (SSSR count). The van der Waals surface area contributed by atoms with Gasteiger partial charge in [-0.1, -0.05) is 261 Å². The van der Waals surface area contributed by atoms with Gasteiger partial charge >= 0.3 is 0 Å². The predicted molar refractivity (Wildman–Crippen MR) is 332 cm³/mol. The molecule has 0 saturated carbocycles. The molecule has 0 radical (unpaired) electrons. The number of rotatable bonds is 7. The van der Waals surface area contributed by atoms with Gasteiger partial charge < -0.3 is 9.47 Å². The van der Waals surface area contributed by atoms with Crippen LogP contribution in [0.15, 0.2) is 303 Å². The van der Waals surface area contributed by atoms with E-state index in [0.717, 1.165) is 28.2 Å². The molecule has 2 nitrogen and oxygen atoms in total. The molecule has 2 heterocycles. The van der Waals surface area contributed by atoms with Crippen LogP contribution in [0.25, 0.3) is 82.8 Å². The number of hydrogen-bond donors (Lipinski definition) is 0. The first kappa shape index (κ1) is 44.8. The maximum atomic E-state index is 2.56. The number of anilines is 3. The molecule has 1 spiro atoms. The average Bonchev–Trinajstić information content (AvgIpc) is 2.86. The van der Waals surface area contributed by atoms with E-state index in [0.29, 0.717) is 0 Å². The highest BCUT2D eigenvalue weighted by Gasteiger charge is 2.52. The van der Waals surface area contributed by atoms with Gasteiger partial charge in [-0.3, -0.25) is 0 Å². The Bertz CT molecular complexity index is 4780. The third kappa shape index (κ3) is 6.02. The molecule has 80 heavy (non-hydrogen) atoms. The van der Waals surface area contributed by atoms with Crippen LogP contribution in [-0.4, -0.2) is 4.57 Å². The van der Waals surface area contributed by atoms with Gasteiger partial charge in [-0.2, -0.15) is 0 Å². The second kappa shape index (κ2) is 17.1. The van der Waals surface area contributed by atoms with E-state index in [-0.39, 0.29) is 0 Å². The van der Waals surface area contributed by atoms with Crippen LogP contribution in [0.5, 0.6) is 0 Å². The summed E-state index contributed by atoms with van der Waals surface area (Å²) in [5.41, 5.74) is 25.7. The number of aromatic nitrogens is 1. The van der Waals surface area contributed by atoms with E-state index in [1.54, 1.807) is 0 Å². The third-order valence-corrected chi connectivity index (χ3v) is 18.1. The van der Waals surface area contributed by atoms with Crippen molar-refractivity contribution in [2.45, 2.75) is 10.8 Å². The number of para-hydroxylation sites is 4. The fraction of sp³-hybridized carbons (Fsp3) is 0.0256. The molecule has 0 amide bonds. The topological polar surface area (TPSA) is 8.17 Å². The molecule has 1 aromatic heterocycles. The molecule has 372 valence electrons. The van der Waals surface area contributed by atoms with Gasteiger partial charge in [0, 0.05) is 27.7 Å². The van der Waals surface area contributed by atoms with Crippen molar-refractivity contribution >= 4 is 49.6 Å². The molecule has 1 aliphatic heterocycles. The molecule has 13 aromatic carbocycles. The quantitative estimate of drug-likeness (QED) is 0.154. The van der Waals surface area contributed by atoms with Gasteiger partial charge in [0.1, 0.15) is 0 Å². The zero-order valence-electron chi connectivity index (χ0n) is 43.8. The summed E-state index contributed by atoms with van der Waals surface area (Å²) in [6, 6.07) is 114. The first-order valence-electron chi connectivity index (χ1n) is 27.9. The van der Waals surface area contributed by atoms with E-state index in [1.165, 1.54) is 116 Å². The van der Waals surface area contributed by atoms with E-state index in [2.05, 4.69) is 313 Å². The number of benzene rings is 13. The van der Waals surface area contributed by atoms with E-state index in [1.807, 2.05) is 0 Å². The molecule has 1 atom stereocenters. The van der Waals surface area contributed by atoms with Crippen molar-refractivity contribution in [2.24, 2.45) is 0 Å². The van der Waals surface area contributed by atoms with Crippen LogP contribution >= 0.6 is 0 Å². The standard InChI is InChI=1S/C78H50N2/c1-4-21-51(22-5-1)52-39-41-54(42-40-52)59-28-13-17-36-72(59)79(58-45-47-65-71(50-58)77(55-24-6-2-7-25-55,56-26-8-3-9-27-56)68-48-43-53-23-10-11-29-60(53)75(65)68)57-44-46-62-61-30-12-15-33-66(61)78(70(62)49-57)67-34-16-19-38-74(67)80-73-37-18-14-31-63(73)64-32-20-35-69(78)76(64)80/h1-50H. The molecule has 0 N–H and O–H groups in total. The highest BCUT2D eigenvalue weighted by molar-refractivity contribution is 6.13. The van der Waals surface area contributed by atoms with Crippen LogP contribution in [-0.2, 0) is 10.8 Å². The van der Waals surface area contributed by atoms with Crippen LogP contribution in [0, 0.1) is 0 Å². The highest BCUT2D eigenvalue weighted by atomic mass is 15.1. The molecule has 3 aliphatic rings. The van der Waals surface area contributed by atoms with Crippen molar-refractivity contribution in [2.75, 3.05) is 4.90 Å². The maximum Gasteiger partial charge on any atom is 0.0755 e. The average molecular weight is 1020 g/mol. The normalized spacial score (nSPS) is 14.9. The summed E-state index contributed by atoms with van der Waals surface area (Å²) in [7, 11) is 0. The highest BCUT2D eigenvalue weighted by Crippen LogP contribution is 2.63. The van der Waals surface area contributed by atoms with Gasteiger partial charge in [0.05, 0.1) is 33.2 Å². The molecule has 1 unspecified atom stereocenters. The summed E-state index contributed by atoms with van der Waals surface area (Å²) in [6.07, 6.45) is 0. The molecule has 0 saturated heterocycles. The van der Waals surface area contributed by atoms with Crippen LogP contribution in [0.1, 0.15) is 44.5 Å². The van der Waals surface area contributed by atoms with Gasteiger partial charge in [-0.15, -0.1) is 0 Å². The van der Waals surface area contributed by atoms with E-state index < -0.39 is 10.8 Å². The Balaban J connectivity index is 0.964. The lowest BCUT2D eigenvalue weighted by molar-refractivity contribution is 0.748. The lowest BCUT2D eigenvalue weighted by Gasteiger charge is -2.40. The Labute approximate surface area is 465 Å². The summed E-state index contributed by atoms with van der Waals surface area (Å²) >= 11 is 0. The maximum absolute atomic E-state index is 2.56. The lowest BCUT2D eigenvalue weighted by atomic mass is 9.65. The first-order chi connectivity index (χ1) is 39.7. The van der Waals surface area contributed by atoms with Gasteiger partial charge in [0.15, 0.2) is 0 Å². The molecule has 0 bridgehead atoms. The summed E-state index contributed by atoms with van der Waals surface area (Å²) in [6.45, 7) is 0. The minimum Gasteiger partial charge on any atom is -0.310 e. The molecule has 2 heteroatoms. The lowest BCUT2D eigenvalue weighted by Crippen LogP contribution is -2.33. The number of hydrogen-bond acceptors (Lipinski definition) is 1. The Morgan fingerprint density at radius 1 is 0.287 bits per heavy atom. The van der Waals surface area contributed by atoms with Crippen LogP contribution in [0.4, 0.5) is 17.1 Å². The monoisotopic (exact) mass is 1010 g/mol. The summed E-state index contributed by atoms with van der Waals surface area (Å²) in [5, 5.41) is 5.04. The summed E-state index contributed by atoms with van der Waals surface area (Å²) < 4.78 is 2.54. The Hall–Kier alpha value is -10.3. The minimum absolute atomic E-state index is 0.627. The van der Waals surface area contributed by atoms with Crippen LogP contribution in [0.3, 0.4) is 0 Å². The van der Waals surface area contributed by atoms with E-state index in [9.17, 15) is 0 Å². The second-order valence-corrected chi connectivity index (χ2v) is 21.8. The first-order valence-corrected chi connectivity index (χ1v) is 27.9. The smallest absolute Gasteiger partial charge is 0.0755 e. The van der Waals surface area contributed by atoms with Crippen molar-refractivity contribution in [1.82, 2.24) is 4.57 Å². The van der Waals surface area contributed by atoms with Crippen molar-refractivity contribution in [3.05, 3.63) is 348 Å². The SMILES string of the molecule is c1ccc(-c2ccc(-c3ccccc3N(c3ccc4c(c3)C(c3ccccc3)(c3ccccc3)c3ccc5ccccc5c3-4)c3ccc4c(c3)C3(c5ccccc5-4)c4ccccc4-n4c5ccccc5c5cccc3c54)cc2)cc1. The van der Waals surface area contributed by atoms with Crippen molar-refractivity contribution < 1.29 is 0 Å². The van der Waals surface area contributed by atoms with Crippen molar-refractivity contribution in [1.29, 1.82) is 0 Å². The number of fused-ring (bicyclic) bond motifs is 17. The second-order valence-electron chi connectivity index (χ2n) is 21.8. The van der Waals surface area contributed by atoms with Gasteiger partial charge in [0.25, 0.3) is 0 Å². The minimum atomic E-state index is -0.628. The Kier molecular flexibility index (Phi) is 9.58. The molecular formula is C78H50N2. The molecule has 0 fully saturated rings. The van der Waals surface area contributed by atoms with Crippen molar-refractivity contribution in [3.63, 3.8) is 0 Å². The van der Waals surface area contributed by atoms with Crippen LogP contribution in [0.2, 0.25) is 0 Å². The third-order valence-electron chi connectivity index (χ3n) is 18.1. The molecular weight excluding hydrogens is 965 g/mol. The Morgan fingerprint density at radius 3 is 1.59 bits per heavy atom. The Morgan fingerprint density at radius 2 is 0.825 bits per heavy atom. The molecule has 2 aliphatic carbocycles. The van der Waals surface area contributed by atoms with Gasteiger partial charge in [-0.25, -0.2) is 0 Å². The zero-order chi connectivity index (χ0) is 52.5. The number of nitrogens with zero attached hydrogens (tertiary/aromatic N) is 2. The predicted octanol–water partition coefficient (Wildman–Crippen LogP) is 19.8.